The van der Waals surface area contributed by atoms with Gasteiger partial charge in [-0.3, -0.25) is 0 Å². The lowest BCUT2D eigenvalue weighted by Gasteiger charge is -2.38. The van der Waals surface area contributed by atoms with E-state index in [1.807, 2.05) is 53.7 Å². The second-order valence-corrected chi connectivity index (χ2v) is 14.6. The molecule has 7 heteroatoms. The fourth-order valence-corrected chi connectivity index (χ4v) is 5.95. The quantitative estimate of drug-likeness (QED) is 0.0862. The predicted octanol–water partition coefficient (Wildman–Crippen LogP) is 10.4. The zero-order chi connectivity index (χ0) is 38.4. The molecule has 2 rings (SSSR count). The van der Waals surface area contributed by atoms with Crippen LogP contribution in [0.4, 0.5) is 0 Å². The Bertz CT molecular complexity index is 951. The van der Waals surface area contributed by atoms with E-state index in [0.717, 1.165) is 72.7 Å². The molecular formula is C43H83NO6. The summed E-state index contributed by atoms with van der Waals surface area (Å²) in [6.07, 6.45) is 18.1. The van der Waals surface area contributed by atoms with Gasteiger partial charge in [0.2, 0.25) is 0 Å². The Morgan fingerprint density at radius 3 is 1.74 bits per heavy atom. The minimum absolute atomic E-state index is 0.0664. The molecule has 0 spiro atoms. The number of aliphatic hydroxyl groups excluding tert-OH is 1. The van der Waals surface area contributed by atoms with Crippen LogP contribution in [0.2, 0.25) is 0 Å². The summed E-state index contributed by atoms with van der Waals surface area (Å²) in [5, 5.41) is 18.7. The van der Waals surface area contributed by atoms with Crippen molar-refractivity contribution >= 4 is 0 Å². The number of aromatic hydroxyl groups is 1. The van der Waals surface area contributed by atoms with Crippen LogP contribution in [0.25, 0.3) is 0 Å². The average Bonchev–Trinajstić information content (AvgIpc) is 3.08. The van der Waals surface area contributed by atoms with Crippen LogP contribution in [0.5, 0.6) is 11.5 Å². The number of nitrogens with two attached hydrogens (primary N) is 1. The minimum Gasteiger partial charge on any atom is -0.507 e. The molecule has 0 radical (unpaired) electrons. The maximum Gasteiger partial charge on any atom is 0.127 e. The summed E-state index contributed by atoms with van der Waals surface area (Å²) in [5.41, 5.74) is 9.39. The molecule has 1 aromatic rings. The second kappa shape index (κ2) is 32.0. The van der Waals surface area contributed by atoms with E-state index in [1.165, 1.54) is 56.9 Å². The Morgan fingerprint density at radius 1 is 0.760 bits per heavy atom. The number of rotatable bonds is 21. The normalized spacial score (nSPS) is 16.3. The van der Waals surface area contributed by atoms with Gasteiger partial charge in [-0.2, -0.15) is 0 Å². The third-order valence-corrected chi connectivity index (χ3v) is 9.48. The fourth-order valence-electron chi connectivity index (χ4n) is 5.95. The van der Waals surface area contributed by atoms with E-state index in [1.54, 1.807) is 0 Å². The van der Waals surface area contributed by atoms with Gasteiger partial charge in [-0.25, -0.2) is 0 Å². The molecule has 0 fully saturated rings. The van der Waals surface area contributed by atoms with E-state index in [4.69, 9.17) is 29.8 Å². The Morgan fingerprint density at radius 2 is 1.28 bits per heavy atom. The number of aliphatic hydroxyl groups is 1. The molecule has 1 heterocycles. The van der Waals surface area contributed by atoms with Gasteiger partial charge >= 0.3 is 0 Å². The number of allylic oxidation sites excluding steroid dienone is 2. The molecule has 3 atom stereocenters. The molecular weight excluding hydrogens is 626 g/mol. The van der Waals surface area contributed by atoms with Crippen molar-refractivity contribution in [2.24, 2.45) is 23.5 Å². The number of phenolic OH excluding ortho intramolecular Hbond substituents is 1. The monoisotopic (exact) mass is 710 g/mol. The van der Waals surface area contributed by atoms with Crippen molar-refractivity contribution < 1.29 is 29.2 Å². The Balaban J connectivity index is 0. The van der Waals surface area contributed by atoms with Gasteiger partial charge in [0.1, 0.15) is 17.1 Å². The largest absolute Gasteiger partial charge is 0.507 e. The third kappa shape index (κ3) is 24.5. The van der Waals surface area contributed by atoms with Crippen LogP contribution in [-0.4, -0.2) is 68.6 Å². The summed E-state index contributed by atoms with van der Waals surface area (Å²) in [6.45, 7) is 30.2. The third-order valence-electron chi connectivity index (χ3n) is 9.48. The lowest BCUT2D eigenvalue weighted by molar-refractivity contribution is 0.0354. The van der Waals surface area contributed by atoms with Crippen LogP contribution in [-0.2, 0) is 20.6 Å². The first-order valence-electron chi connectivity index (χ1n) is 19.9. The number of benzene rings is 1. The Labute approximate surface area is 310 Å². The average molecular weight is 710 g/mol. The summed E-state index contributed by atoms with van der Waals surface area (Å²) in [6, 6.07) is 0. The fraction of sp³-hybridized carbons (Fsp3) is 0.814. The molecule has 0 amide bonds. The SMILES string of the molecule is CC=CC.CCOCC.Cc1c(C)c2c(c(C)c1O)CCC(C)(CCCC(C)CCCC(C)CCCC(C)C)O2.NCCOCCOCCO. The zero-order valence-electron chi connectivity index (χ0n) is 34.9. The Hall–Kier alpha value is -1.64. The molecule has 1 aliphatic rings. The van der Waals surface area contributed by atoms with E-state index >= 15 is 0 Å². The van der Waals surface area contributed by atoms with Gasteiger partial charge in [0.15, 0.2) is 0 Å². The second-order valence-electron chi connectivity index (χ2n) is 14.6. The Kier molecular flexibility index (Phi) is 32.3. The first-order valence-corrected chi connectivity index (χ1v) is 19.9. The van der Waals surface area contributed by atoms with Crippen LogP contribution in [0.15, 0.2) is 12.2 Å². The van der Waals surface area contributed by atoms with Gasteiger partial charge in [-0.05, 0) is 116 Å². The molecule has 4 N–H and O–H groups in total. The van der Waals surface area contributed by atoms with E-state index in [2.05, 4.69) is 41.5 Å². The van der Waals surface area contributed by atoms with Gasteiger partial charge in [-0.15, -0.1) is 0 Å². The topological polar surface area (TPSA) is 103 Å². The van der Waals surface area contributed by atoms with Crippen LogP contribution in [0, 0.1) is 38.5 Å². The van der Waals surface area contributed by atoms with Crippen molar-refractivity contribution in [3.8, 4) is 11.5 Å². The summed E-state index contributed by atoms with van der Waals surface area (Å²) in [5.74, 6) is 4.04. The summed E-state index contributed by atoms with van der Waals surface area (Å²) < 4.78 is 21.3. The molecule has 0 bridgehead atoms. The van der Waals surface area contributed by atoms with E-state index in [-0.39, 0.29) is 12.2 Å². The minimum atomic E-state index is -0.0712. The summed E-state index contributed by atoms with van der Waals surface area (Å²) in [4.78, 5) is 0. The highest BCUT2D eigenvalue weighted by Gasteiger charge is 2.34. The van der Waals surface area contributed by atoms with Crippen molar-refractivity contribution in [3.63, 3.8) is 0 Å². The number of phenols is 1. The van der Waals surface area contributed by atoms with E-state index < -0.39 is 0 Å². The van der Waals surface area contributed by atoms with Crippen molar-refractivity contribution in [2.45, 2.75) is 159 Å². The molecule has 0 saturated heterocycles. The van der Waals surface area contributed by atoms with Gasteiger partial charge in [0.25, 0.3) is 0 Å². The maximum absolute atomic E-state index is 10.4. The lowest BCUT2D eigenvalue weighted by Crippen LogP contribution is -2.37. The van der Waals surface area contributed by atoms with Gasteiger partial charge < -0.3 is 34.9 Å². The molecule has 50 heavy (non-hydrogen) atoms. The summed E-state index contributed by atoms with van der Waals surface area (Å²) in [7, 11) is 0. The lowest BCUT2D eigenvalue weighted by atomic mass is 9.84. The smallest absolute Gasteiger partial charge is 0.127 e. The molecule has 3 unspecified atom stereocenters. The predicted molar refractivity (Wildman–Crippen MR) is 215 cm³/mol. The zero-order valence-corrected chi connectivity index (χ0v) is 34.9. The molecule has 7 nitrogen and oxygen atoms in total. The van der Waals surface area contributed by atoms with Crippen molar-refractivity contribution in [3.05, 3.63) is 34.4 Å². The highest BCUT2D eigenvalue weighted by molar-refractivity contribution is 5.58. The molecule has 1 aliphatic heterocycles. The van der Waals surface area contributed by atoms with Crippen LogP contribution in [0.3, 0.4) is 0 Å². The molecule has 296 valence electrons. The van der Waals surface area contributed by atoms with Gasteiger partial charge in [0.05, 0.1) is 33.0 Å². The van der Waals surface area contributed by atoms with Gasteiger partial charge in [-0.1, -0.05) is 84.8 Å². The van der Waals surface area contributed by atoms with E-state index in [0.29, 0.717) is 38.7 Å². The maximum atomic E-state index is 10.4. The number of hydrogen-bond donors (Lipinski definition) is 3. The number of ether oxygens (including phenoxy) is 4. The standard InChI is InChI=1S/C29H50O2.C6H15NO3.C4H10O.C4H8/c1-20(2)12-9-13-21(3)14-10-15-22(4)16-11-18-29(8)19-17-26-25(7)27(30)23(5)24(6)28(26)31-29;7-1-3-9-5-6-10-4-2-8;1-3-5-4-2;1-3-4-2/h20-22,30H,9-19H2,1-8H3;8H,1-7H2;3-4H2,1-2H3;3-4H,1-2H3. The molecule has 1 aromatic carbocycles. The highest BCUT2D eigenvalue weighted by atomic mass is 16.5. The summed E-state index contributed by atoms with van der Waals surface area (Å²) >= 11 is 0. The van der Waals surface area contributed by atoms with Crippen molar-refractivity contribution in [1.29, 1.82) is 0 Å². The highest BCUT2D eigenvalue weighted by Crippen LogP contribution is 2.44. The molecule has 0 aliphatic carbocycles. The number of fused-ring (bicyclic) bond motifs is 1. The van der Waals surface area contributed by atoms with E-state index in [9.17, 15) is 5.11 Å². The van der Waals surface area contributed by atoms with Crippen LogP contribution < -0.4 is 10.5 Å². The molecule has 0 saturated carbocycles. The van der Waals surface area contributed by atoms with Gasteiger partial charge in [0, 0.05) is 25.3 Å². The molecule has 0 aromatic heterocycles. The van der Waals surface area contributed by atoms with Crippen molar-refractivity contribution in [2.75, 3.05) is 52.8 Å². The van der Waals surface area contributed by atoms with Crippen molar-refractivity contribution in [1.82, 2.24) is 0 Å². The number of hydrogen-bond acceptors (Lipinski definition) is 7. The van der Waals surface area contributed by atoms with Crippen LogP contribution in [0.1, 0.15) is 149 Å². The first-order chi connectivity index (χ1) is 23.8. The van der Waals surface area contributed by atoms with Crippen LogP contribution >= 0.6 is 0 Å². The first kappa shape index (κ1) is 50.5.